The minimum Gasteiger partial charge on any atom is -0.492 e. The van der Waals surface area contributed by atoms with Gasteiger partial charge in [0.05, 0.1) is 12.7 Å². The highest BCUT2D eigenvalue weighted by molar-refractivity contribution is 8.00. The second-order valence-electron chi connectivity index (χ2n) is 5.20. The number of hydrogen-bond donors (Lipinski definition) is 0. The van der Waals surface area contributed by atoms with E-state index in [1.807, 2.05) is 61.5 Å². The van der Waals surface area contributed by atoms with E-state index in [9.17, 15) is 5.26 Å². The van der Waals surface area contributed by atoms with Crippen LogP contribution in [0.2, 0.25) is 0 Å². The number of ether oxygens (including phenoxy) is 1. The molecule has 0 amide bonds. The van der Waals surface area contributed by atoms with Crippen molar-refractivity contribution < 1.29 is 4.74 Å². The number of thioether (sulfide) groups is 1. The molecular weight excluding hydrogens is 334 g/mol. The number of benzene rings is 2. The van der Waals surface area contributed by atoms with E-state index in [1.54, 1.807) is 4.68 Å². The molecule has 3 rings (SSSR count). The molecule has 6 nitrogen and oxygen atoms in total. The fourth-order valence-electron chi connectivity index (χ4n) is 2.38. The number of tetrazole rings is 1. The summed E-state index contributed by atoms with van der Waals surface area (Å²) < 4.78 is 7.27. The Morgan fingerprint density at radius 2 is 1.92 bits per heavy atom. The number of para-hydroxylation sites is 2. The minimum atomic E-state index is -0.286. The van der Waals surface area contributed by atoms with Crippen molar-refractivity contribution in [3.05, 3.63) is 60.2 Å². The number of hydrogen-bond acceptors (Lipinski definition) is 6. The van der Waals surface area contributed by atoms with E-state index in [-0.39, 0.29) is 5.25 Å². The lowest BCUT2D eigenvalue weighted by Crippen LogP contribution is -2.08. The molecule has 0 saturated heterocycles. The van der Waals surface area contributed by atoms with Gasteiger partial charge in [0.1, 0.15) is 16.7 Å². The third kappa shape index (κ3) is 4.17. The summed E-state index contributed by atoms with van der Waals surface area (Å²) in [6, 6.07) is 19.8. The molecule has 0 aliphatic carbocycles. The quantitative estimate of drug-likeness (QED) is 0.608. The third-order valence-electron chi connectivity index (χ3n) is 3.49. The number of rotatable bonds is 7. The van der Waals surface area contributed by atoms with Crippen LogP contribution in [0.5, 0.6) is 5.75 Å². The van der Waals surface area contributed by atoms with Crippen LogP contribution in [0.4, 0.5) is 0 Å². The second-order valence-corrected chi connectivity index (χ2v) is 6.37. The molecule has 1 aromatic heterocycles. The van der Waals surface area contributed by atoms with Crippen molar-refractivity contribution >= 4 is 11.8 Å². The molecule has 1 atom stereocenters. The summed E-state index contributed by atoms with van der Waals surface area (Å²) in [4.78, 5) is 0. The highest BCUT2D eigenvalue weighted by Gasteiger charge is 2.18. The molecular formula is C18H17N5OS. The Kier molecular flexibility index (Phi) is 5.65. The molecule has 3 aromatic rings. The number of aromatic nitrogens is 4. The summed E-state index contributed by atoms with van der Waals surface area (Å²) in [6.45, 7) is 2.48. The fraction of sp³-hybridized carbons (Fsp3) is 0.222. The van der Waals surface area contributed by atoms with Crippen LogP contribution in [0.15, 0.2) is 59.8 Å². The first kappa shape index (κ1) is 17.0. The maximum absolute atomic E-state index is 9.51. The van der Waals surface area contributed by atoms with Gasteiger partial charge in [0.25, 0.3) is 0 Å². The first-order valence-electron chi connectivity index (χ1n) is 7.92. The fourth-order valence-corrected chi connectivity index (χ4v) is 3.28. The first-order valence-corrected chi connectivity index (χ1v) is 8.80. The van der Waals surface area contributed by atoms with Crippen molar-refractivity contribution in [1.29, 1.82) is 5.26 Å². The van der Waals surface area contributed by atoms with Gasteiger partial charge in [-0.2, -0.15) is 9.94 Å². The van der Waals surface area contributed by atoms with Crippen molar-refractivity contribution in [2.24, 2.45) is 0 Å². The predicted molar refractivity (Wildman–Crippen MR) is 95.7 cm³/mol. The van der Waals surface area contributed by atoms with E-state index < -0.39 is 0 Å². The lowest BCUT2D eigenvalue weighted by Gasteiger charge is -2.12. The average Bonchev–Trinajstić information content (AvgIpc) is 3.11. The Balaban J connectivity index is 1.83. The second kappa shape index (κ2) is 8.31. The molecule has 0 bridgehead atoms. The molecule has 2 aromatic carbocycles. The van der Waals surface area contributed by atoms with Crippen LogP contribution in [-0.4, -0.2) is 32.1 Å². The van der Waals surface area contributed by atoms with Crippen molar-refractivity contribution in [2.75, 3.05) is 6.61 Å². The third-order valence-corrected chi connectivity index (χ3v) is 4.51. The highest BCUT2D eigenvalue weighted by atomic mass is 32.2. The molecule has 0 radical (unpaired) electrons. The summed E-state index contributed by atoms with van der Waals surface area (Å²) in [6.07, 6.45) is 0.627. The zero-order chi connectivity index (χ0) is 17.5. The van der Waals surface area contributed by atoms with Crippen LogP contribution < -0.4 is 4.74 Å². The number of nitrogens with zero attached hydrogens (tertiary/aromatic N) is 5. The largest absolute Gasteiger partial charge is 0.492 e. The number of nitriles is 1. The topological polar surface area (TPSA) is 76.6 Å². The lowest BCUT2D eigenvalue weighted by molar-refractivity contribution is 0.337. The maximum Gasteiger partial charge on any atom is 0.215 e. The SMILES string of the molecule is CCOc1ccccc1-n1nnnc1S[C@H](C#N)Cc1ccccc1. The summed E-state index contributed by atoms with van der Waals surface area (Å²) in [5.74, 6) is 0.704. The smallest absolute Gasteiger partial charge is 0.215 e. The molecule has 0 spiro atoms. The molecule has 0 aliphatic rings. The normalized spacial score (nSPS) is 11.7. The summed E-state index contributed by atoms with van der Waals surface area (Å²) in [7, 11) is 0. The predicted octanol–water partition coefficient (Wildman–Crippen LogP) is 3.29. The van der Waals surface area contributed by atoms with Gasteiger partial charge in [-0.15, -0.1) is 5.10 Å². The molecule has 1 heterocycles. The molecule has 126 valence electrons. The Hall–Kier alpha value is -2.85. The van der Waals surface area contributed by atoms with Crippen molar-refractivity contribution in [3.63, 3.8) is 0 Å². The van der Waals surface area contributed by atoms with Gasteiger partial charge in [-0.05, 0) is 41.5 Å². The van der Waals surface area contributed by atoms with Gasteiger partial charge >= 0.3 is 0 Å². The van der Waals surface area contributed by atoms with Crippen LogP contribution in [-0.2, 0) is 6.42 Å². The van der Waals surface area contributed by atoms with Crippen LogP contribution in [0.25, 0.3) is 5.69 Å². The van der Waals surface area contributed by atoms with Gasteiger partial charge in [-0.1, -0.05) is 54.2 Å². The standard InChI is InChI=1S/C18H17N5OS/c1-2-24-17-11-7-6-10-16(17)23-18(20-21-22-23)25-15(13-19)12-14-8-4-3-5-9-14/h3-11,15H,2,12H2,1H3/t15-/m0/s1. The maximum atomic E-state index is 9.51. The Morgan fingerprint density at radius 1 is 1.16 bits per heavy atom. The van der Waals surface area contributed by atoms with Crippen molar-refractivity contribution in [3.8, 4) is 17.5 Å². The molecule has 0 fully saturated rings. The molecule has 0 aliphatic heterocycles. The van der Waals surface area contributed by atoms with Crippen LogP contribution in [0.3, 0.4) is 0 Å². The van der Waals surface area contributed by atoms with Gasteiger partial charge in [-0.3, -0.25) is 0 Å². The van der Waals surface area contributed by atoms with Gasteiger partial charge in [0.15, 0.2) is 0 Å². The van der Waals surface area contributed by atoms with Crippen LogP contribution in [0.1, 0.15) is 12.5 Å². The van der Waals surface area contributed by atoms with Gasteiger partial charge in [0.2, 0.25) is 5.16 Å². The molecule has 0 N–H and O–H groups in total. The molecule has 25 heavy (non-hydrogen) atoms. The highest BCUT2D eigenvalue weighted by Crippen LogP contribution is 2.29. The zero-order valence-electron chi connectivity index (χ0n) is 13.7. The van der Waals surface area contributed by atoms with Crippen molar-refractivity contribution in [2.45, 2.75) is 23.8 Å². The van der Waals surface area contributed by atoms with E-state index in [2.05, 4.69) is 21.6 Å². The monoisotopic (exact) mass is 351 g/mol. The first-order chi connectivity index (χ1) is 12.3. The molecule has 7 heteroatoms. The summed E-state index contributed by atoms with van der Waals surface area (Å²) in [5.41, 5.74) is 1.86. The zero-order valence-corrected chi connectivity index (χ0v) is 14.6. The van der Waals surface area contributed by atoms with Gasteiger partial charge in [-0.25, -0.2) is 0 Å². The van der Waals surface area contributed by atoms with Gasteiger partial charge in [0, 0.05) is 0 Å². The summed E-state index contributed by atoms with van der Waals surface area (Å²) >= 11 is 1.35. The Bertz CT molecular complexity index is 859. The summed E-state index contributed by atoms with van der Waals surface area (Å²) in [5, 5.41) is 21.7. The van der Waals surface area contributed by atoms with E-state index in [4.69, 9.17) is 4.74 Å². The average molecular weight is 351 g/mol. The Morgan fingerprint density at radius 3 is 2.68 bits per heavy atom. The van der Waals surface area contributed by atoms with E-state index in [1.165, 1.54) is 11.8 Å². The van der Waals surface area contributed by atoms with Crippen LogP contribution in [0, 0.1) is 11.3 Å². The van der Waals surface area contributed by atoms with Crippen LogP contribution >= 0.6 is 11.8 Å². The Labute approximate surface area is 150 Å². The van der Waals surface area contributed by atoms with Gasteiger partial charge < -0.3 is 4.74 Å². The molecule has 0 unspecified atom stereocenters. The van der Waals surface area contributed by atoms with Crippen molar-refractivity contribution in [1.82, 2.24) is 20.2 Å². The lowest BCUT2D eigenvalue weighted by atomic mass is 10.1. The van der Waals surface area contributed by atoms with E-state index in [0.717, 1.165) is 11.3 Å². The van der Waals surface area contributed by atoms with E-state index in [0.29, 0.717) is 23.9 Å². The minimum absolute atomic E-state index is 0.286. The molecule has 0 saturated carbocycles. The van der Waals surface area contributed by atoms with E-state index >= 15 is 0 Å².